The molecule has 4 nitrogen and oxygen atoms in total. The highest BCUT2D eigenvalue weighted by atomic mass is 35.5. The Morgan fingerprint density at radius 3 is 2.75 bits per heavy atom. The molecule has 0 unspecified atom stereocenters. The second-order valence-electron chi connectivity index (χ2n) is 7.89. The van der Waals surface area contributed by atoms with Gasteiger partial charge in [0.2, 0.25) is 0 Å². The van der Waals surface area contributed by atoms with Gasteiger partial charge in [-0.05, 0) is 68.8 Å². The lowest BCUT2D eigenvalue weighted by molar-refractivity contribution is 0.0905. The quantitative estimate of drug-likeness (QED) is 0.601. The predicted molar refractivity (Wildman–Crippen MR) is 118 cm³/mol. The van der Waals surface area contributed by atoms with E-state index in [2.05, 4.69) is 59.6 Å². The molecule has 0 amide bonds. The zero-order valence-corrected chi connectivity index (χ0v) is 17.4. The Kier molecular flexibility index (Phi) is 5.90. The fraction of sp³-hybridized carbons (Fsp3) is 0.391. The van der Waals surface area contributed by atoms with Crippen molar-refractivity contribution in [2.24, 2.45) is 0 Å². The number of halogens is 1. The van der Waals surface area contributed by atoms with Crippen molar-refractivity contribution in [2.75, 3.05) is 39.2 Å². The van der Waals surface area contributed by atoms with Crippen molar-refractivity contribution in [1.29, 1.82) is 0 Å². The SMILES string of the molecule is CN(C)CCc1cccc(-c2cc3cc(Cl)cc(NC4CCOCC4)c3[nH]2)c1. The van der Waals surface area contributed by atoms with E-state index in [0.29, 0.717) is 6.04 Å². The molecule has 3 aromatic rings. The van der Waals surface area contributed by atoms with Gasteiger partial charge in [0.05, 0.1) is 11.2 Å². The van der Waals surface area contributed by atoms with Crippen LogP contribution in [0.3, 0.4) is 0 Å². The molecule has 148 valence electrons. The van der Waals surface area contributed by atoms with E-state index in [1.807, 2.05) is 12.1 Å². The van der Waals surface area contributed by atoms with E-state index in [4.69, 9.17) is 16.3 Å². The first-order chi connectivity index (χ1) is 13.6. The number of hydrogen-bond donors (Lipinski definition) is 2. The molecule has 0 atom stereocenters. The Bertz CT molecular complexity index is 944. The van der Waals surface area contributed by atoms with Crippen LogP contribution >= 0.6 is 11.6 Å². The minimum atomic E-state index is 0.427. The van der Waals surface area contributed by atoms with E-state index < -0.39 is 0 Å². The summed E-state index contributed by atoms with van der Waals surface area (Å²) in [5.41, 5.74) is 5.87. The number of aromatic nitrogens is 1. The molecule has 4 rings (SSSR count). The highest BCUT2D eigenvalue weighted by Crippen LogP contribution is 2.33. The predicted octanol–water partition coefficient (Wildman–Crippen LogP) is 5.18. The summed E-state index contributed by atoms with van der Waals surface area (Å²) in [6, 6.07) is 15.5. The summed E-state index contributed by atoms with van der Waals surface area (Å²) in [4.78, 5) is 5.84. The lowest BCUT2D eigenvalue weighted by Gasteiger charge is -2.24. The third kappa shape index (κ3) is 4.52. The summed E-state index contributed by atoms with van der Waals surface area (Å²) in [7, 11) is 4.22. The molecular formula is C23H28ClN3O. The maximum Gasteiger partial charge on any atom is 0.0695 e. The van der Waals surface area contributed by atoms with Crippen LogP contribution in [0.5, 0.6) is 0 Å². The van der Waals surface area contributed by atoms with Gasteiger partial charge in [0.25, 0.3) is 0 Å². The number of hydrogen-bond acceptors (Lipinski definition) is 3. The Balaban J connectivity index is 1.64. The number of H-pyrrole nitrogens is 1. The van der Waals surface area contributed by atoms with Gasteiger partial charge >= 0.3 is 0 Å². The van der Waals surface area contributed by atoms with Crippen molar-refractivity contribution in [3.05, 3.63) is 53.1 Å². The molecule has 1 fully saturated rings. The minimum absolute atomic E-state index is 0.427. The number of benzene rings is 2. The maximum atomic E-state index is 6.41. The summed E-state index contributed by atoms with van der Waals surface area (Å²) in [6.07, 6.45) is 3.09. The molecule has 2 aromatic carbocycles. The summed E-state index contributed by atoms with van der Waals surface area (Å²) in [6.45, 7) is 2.68. The molecule has 1 aromatic heterocycles. The van der Waals surface area contributed by atoms with Crippen molar-refractivity contribution in [3.8, 4) is 11.3 Å². The van der Waals surface area contributed by atoms with Gasteiger partial charge in [-0.2, -0.15) is 0 Å². The number of aromatic amines is 1. The lowest BCUT2D eigenvalue weighted by Crippen LogP contribution is -2.27. The zero-order valence-electron chi connectivity index (χ0n) is 16.6. The van der Waals surface area contributed by atoms with Crippen LogP contribution in [0.2, 0.25) is 5.02 Å². The molecule has 0 saturated carbocycles. The number of nitrogens with one attached hydrogen (secondary N) is 2. The number of anilines is 1. The van der Waals surface area contributed by atoms with Crippen LogP contribution in [0.25, 0.3) is 22.2 Å². The summed E-state index contributed by atoms with van der Waals surface area (Å²) >= 11 is 6.41. The average Bonchev–Trinajstić information content (AvgIpc) is 3.12. The van der Waals surface area contributed by atoms with Gasteiger partial charge in [0.15, 0.2) is 0 Å². The third-order valence-corrected chi connectivity index (χ3v) is 5.58. The van der Waals surface area contributed by atoms with Crippen molar-refractivity contribution in [2.45, 2.75) is 25.3 Å². The van der Waals surface area contributed by atoms with E-state index in [1.54, 1.807) is 0 Å². The van der Waals surface area contributed by atoms with E-state index in [0.717, 1.165) is 66.3 Å². The van der Waals surface area contributed by atoms with Gasteiger partial charge in [-0.25, -0.2) is 0 Å². The second-order valence-corrected chi connectivity index (χ2v) is 8.32. The zero-order chi connectivity index (χ0) is 19.5. The van der Waals surface area contributed by atoms with Crippen LogP contribution < -0.4 is 5.32 Å². The molecule has 0 radical (unpaired) electrons. The molecule has 1 aliphatic rings. The smallest absolute Gasteiger partial charge is 0.0695 e. The standard InChI is InChI=1S/C23H28ClN3O/c1-27(2)9-6-16-4-3-5-17(12-16)21-14-18-13-19(24)15-22(23(18)26-21)25-20-7-10-28-11-8-20/h3-5,12-15,20,25-26H,6-11H2,1-2H3. The Morgan fingerprint density at radius 2 is 1.96 bits per heavy atom. The van der Waals surface area contributed by atoms with Crippen molar-refractivity contribution in [3.63, 3.8) is 0 Å². The van der Waals surface area contributed by atoms with Gasteiger partial charge in [0, 0.05) is 41.9 Å². The molecule has 0 aliphatic carbocycles. The molecule has 28 heavy (non-hydrogen) atoms. The first-order valence-corrected chi connectivity index (χ1v) is 10.4. The Hall–Kier alpha value is -2.01. The largest absolute Gasteiger partial charge is 0.381 e. The normalized spacial score (nSPS) is 15.4. The van der Waals surface area contributed by atoms with E-state index >= 15 is 0 Å². The highest BCUT2D eigenvalue weighted by Gasteiger charge is 2.16. The Morgan fingerprint density at radius 1 is 1.14 bits per heavy atom. The number of likely N-dealkylation sites (N-methyl/N-ethyl adjacent to an activating group) is 1. The van der Waals surface area contributed by atoms with E-state index in [1.165, 1.54) is 11.1 Å². The van der Waals surface area contributed by atoms with Crippen LogP contribution in [0.4, 0.5) is 5.69 Å². The van der Waals surface area contributed by atoms with Crippen LogP contribution in [-0.2, 0) is 11.2 Å². The van der Waals surface area contributed by atoms with Crippen molar-refractivity contribution >= 4 is 28.2 Å². The van der Waals surface area contributed by atoms with Gasteiger partial charge in [-0.3, -0.25) is 0 Å². The van der Waals surface area contributed by atoms with Crippen molar-refractivity contribution < 1.29 is 4.74 Å². The van der Waals surface area contributed by atoms with Crippen LogP contribution in [0.1, 0.15) is 18.4 Å². The first-order valence-electron chi connectivity index (χ1n) is 9.99. The number of ether oxygens (including phenoxy) is 1. The molecule has 0 bridgehead atoms. The topological polar surface area (TPSA) is 40.3 Å². The molecule has 5 heteroatoms. The molecular weight excluding hydrogens is 370 g/mol. The number of nitrogens with zero attached hydrogens (tertiary/aromatic N) is 1. The lowest BCUT2D eigenvalue weighted by atomic mass is 10.1. The maximum absolute atomic E-state index is 6.41. The fourth-order valence-electron chi connectivity index (χ4n) is 3.79. The molecule has 1 aliphatic heterocycles. The minimum Gasteiger partial charge on any atom is -0.381 e. The first kappa shape index (κ1) is 19.3. The summed E-state index contributed by atoms with van der Waals surface area (Å²) < 4.78 is 5.48. The van der Waals surface area contributed by atoms with Crippen LogP contribution in [0, 0.1) is 0 Å². The Labute approximate surface area is 171 Å². The molecule has 2 heterocycles. The van der Waals surface area contributed by atoms with E-state index in [9.17, 15) is 0 Å². The van der Waals surface area contributed by atoms with Crippen LogP contribution in [0.15, 0.2) is 42.5 Å². The van der Waals surface area contributed by atoms with E-state index in [-0.39, 0.29) is 0 Å². The molecule has 0 spiro atoms. The average molecular weight is 398 g/mol. The second kappa shape index (κ2) is 8.56. The molecule has 1 saturated heterocycles. The van der Waals surface area contributed by atoms with Crippen LogP contribution in [-0.4, -0.2) is 49.8 Å². The van der Waals surface area contributed by atoms with Gasteiger partial charge in [0.1, 0.15) is 0 Å². The highest BCUT2D eigenvalue weighted by molar-refractivity contribution is 6.32. The van der Waals surface area contributed by atoms with Gasteiger partial charge in [-0.15, -0.1) is 0 Å². The molecule has 2 N–H and O–H groups in total. The van der Waals surface area contributed by atoms with Gasteiger partial charge < -0.3 is 19.9 Å². The monoisotopic (exact) mass is 397 g/mol. The fourth-order valence-corrected chi connectivity index (χ4v) is 4.01. The van der Waals surface area contributed by atoms with Crippen molar-refractivity contribution in [1.82, 2.24) is 9.88 Å². The third-order valence-electron chi connectivity index (χ3n) is 5.36. The summed E-state index contributed by atoms with van der Waals surface area (Å²) in [5.74, 6) is 0. The van der Waals surface area contributed by atoms with Gasteiger partial charge in [-0.1, -0.05) is 29.8 Å². The summed E-state index contributed by atoms with van der Waals surface area (Å²) in [5, 5.41) is 5.56. The number of rotatable bonds is 6. The number of fused-ring (bicyclic) bond motifs is 1.